The molecule has 1 saturated heterocycles. The predicted octanol–water partition coefficient (Wildman–Crippen LogP) is -0.736. The highest BCUT2D eigenvalue weighted by Gasteiger charge is 2.56. The fourth-order valence-electron chi connectivity index (χ4n) is 2.28. The summed E-state index contributed by atoms with van der Waals surface area (Å²) in [6.45, 7) is -0.593. The Labute approximate surface area is 135 Å². The van der Waals surface area contributed by atoms with Crippen LogP contribution in [-0.2, 0) is 4.74 Å². The molecule has 1 aliphatic rings. The first-order valence-electron chi connectivity index (χ1n) is 7.10. The van der Waals surface area contributed by atoms with E-state index in [1.165, 1.54) is 12.3 Å². The van der Waals surface area contributed by atoms with Gasteiger partial charge < -0.3 is 25.4 Å². The van der Waals surface area contributed by atoms with E-state index in [2.05, 4.69) is 20.3 Å². The Morgan fingerprint density at radius 3 is 2.92 bits per heavy atom. The van der Waals surface area contributed by atoms with E-state index in [4.69, 9.17) is 15.4 Å². The van der Waals surface area contributed by atoms with E-state index in [1.807, 2.05) is 0 Å². The van der Waals surface area contributed by atoms with Crippen molar-refractivity contribution < 1.29 is 24.4 Å². The minimum absolute atomic E-state index is 0.0238. The molecule has 0 amide bonds. The van der Waals surface area contributed by atoms with Crippen molar-refractivity contribution in [2.75, 3.05) is 25.1 Å². The van der Waals surface area contributed by atoms with Crippen LogP contribution in [0.5, 0.6) is 0 Å². The summed E-state index contributed by atoms with van der Waals surface area (Å²) in [5.41, 5.74) is 5.43. The number of hydrogen-bond acceptors (Lipinski definition) is 8. The maximum absolute atomic E-state index is 14.3. The molecule has 0 spiro atoms. The summed E-state index contributed by atoms with van der Waals surface area (Å²) in [5.74, 6) is 0.224. The van der Waals surface area contributed by atoms with Gasteiger partial charge in [0.05, 0.1) is 6.61 Å². The molecule has 0 bridgehead atoms. The van der Waals surface area contributed by atoms with Gasteiger partial charge in [-0.1, -0.05) is 5.11 Å². The van der Waals surface area contributed by atoms with Gasteiger partial charge in [0.25, 0.3) is 0 Å². The number of alkyl halides is 1. The third-order valence-corrected chi connectivity index (χ3v) is 3.55. The summed E-state index contributed by atoms with van der Waals surface area (Å²) in [6, 6.07) is 1.38. The molecular weight excluding hydrogens is 327 g/mol. The summed E-state index contributed by atoms with van der Waals surface area (Å²) in [7, 11) is 0. The molecule has 11 nitrogen and oxygen atoms in total. The molecule has 0 aliphatic carbocycles. The summed E-state index contributed by atoms with van der Waals surface area (Å²) in [5, 5.41) is 33.8. The summed E-state index contributed by atoms with van der Waals surface area (Å²) < 4.78 is 20.2. The van der Waals surface area contributed by atoms with E-state index in [-0.39, 0.29) is 12.4 Å². The van der Waals surface area contributed by atoms with E-state index < -0.39 is 36.5 Å². The van der Waals surface area contributed by atoms with Gasteiger partial charge in [-0.25, -0.2) is 9.18 Å². The van der Waals surface area contributed by atoms with E-state index in [9.17, 15) is 19.4 Å². The Morgan fingerprint density at radius 1 is 1.58 bits per heavy atom. The van der Waals surface area contributed by atoms with Gasteiger partial charge in [0, 0.05) is 24.3 Å². The van der Waals surface area contributed by atoms with Crippen LogP contribution in [0.25, 0.3) is 10.4 Å². The molecule has 1 aromatic heterocycles. The van der Waals surface area contributed by atoms with Crippen LogP contribution >= 0.6 is 0 Å². The molecule has 2 rings (SSSR count). The second-order valence-electron chi connectivity index (χ2n) is 5.10. The zero-order valence-electron chi connectivity index (χ0n) is 12.5. The first kappa shape index (κ1) is 18.1. The number of aliphatic hydroxyl groups excluding tert-OH is 3. The van der Waals surface area contributed by atoms with Crippen LogP contribution in [0.2, 0.25) is 0 Å². The lowest BCUT2D eigenvalue weighted by atomic mass is 10.1. The number of hydrogen-bond donors (Lipinski definition) is 4. The van der Waals surface area contributed by atoms with Crippen molar-refractivity contribution in [3.05, 3.63) is 33.2 Å². The number of azide groups is 1. The first-order valence-corrected chi connectivity index (χ1v) is 7.10. The lowest BCUT2D eigenvalue weighted by Gasteiger charge is -2.23. The van der Waals surface area contributed by atoms with Crippen LogP contribution in [-0.4, -0.2) is 62.6 Å². The largest absolute Gasteiger partial charge is 0.396 e. The molecule has 4 N–H and O–H groups in total. The number of aliphatic hydroxyl groups is 3. The smallest absolute Gasteiger partial charge is 0.351 e. The monoisotopic (exact) mass is 344 g/mol. The van der Waals surface area contributed by atoms with Crippen molar-refractivity contribution in [3.8, 4) is 0 Å². The Hall–Kier alpha value is -2.24. The molecule has 1 aromatic rings. The van der Waals surface area contributed by atoms with Crippen molar-refractivity contribution >= 4 is 5.82 Å². The molecule has 0 radical (unpaired) electrons. The zero-order chi connectivity index (χ0) is 17.7. The third-order valence-electron chi connectivity index (χ3n) is 3.55. The molecule has 4 atom stereocenters. The summed E-state index contributed by atoms with van der Waals surface area (Å²) in [4.78, 5) is 18.2. The van der Waals surface area contributed by atoms with Gasteiger partial charge in [-0.15, -0.1) is 0 Å². The van der Waals surface area contributed by atoms with E-state index in [0.717, 1.165) is 4.57 Å². The van der Waals surface area contributed by atoms with Gasteiger partial charge >= 0.3 is 5.69 Å². The van der Waals surface area contributed by atoms with Gasteiger partial charge in [-0.3, -0.25) is 4.57 Å². The lowest BCUT2D eigenvalue weighted by Crippen LogP contribution is -2.43. The van der Waals surface area contributed by atoms with Gasteiger partial charge in [-0.2, -0.15) is 4.98 Å². The quantitative estimate of drug-likeness (QED) is 0.219. The average Bonchev–Trinajstić information content (AvgIpc) is 2.81. The number of anilines is 1. The molecule has 1 unspecified atom stereocenters. The normalized spacial score (nSPS) is 29.2. The second kappa shape index (κ2) is 7.55. The molecule has 1 fully saturated rings. The van der Waals surface area contributed by atoms with Gasteiger partial charge in [0.1, 0.15) is 11.9 Å². The molecule has 0 aromatic carbocycles. The maximum Gasteiger partial charge on any atom is 0.351 e. The van der Waals surface area contributed by atoms with Gasteiger partial charge in [-0.05, 0) is 18.0 Å². The fraction of sp³-hybridized carbons (Fsp3) is 0.667. The number of ether oxygens (including phenoxy) is 1. The highest BCUT2D eigenvalue weighted by atomic mass is 19.1. The number of rotatable bonds is 7. The Balaban J connectivity index is 2.25. The molecule has 0 saturated carbocycles. The van der Waals surface area contributed by atoms with Crippen molar-refractivity contribution in [3.63, 3.8) is 0 Å². The lowest BCUT2D eigenvalue weighted by molar-refractivity contribution is -0.124. The molecule has 24 heavy (non-hydrogen) atoms. The van der Waals surface area contributed by atoms with E-state index >= 15 is 0 Å². The number of halogens is 1. The predicted molar refractivity (Wildman–Crippen MR) is 78.7 cm³/mol. The third kappa shape index (κ3) is 3.32. The number of aromatic nitrogens is 2. The topological polar surface area (TPSA) is 166 Å². The standard InChI is InChI=1S/C12H17FN6O5/c13-8-9(22)12(6-21,17-18-14)24-10(8)19-4-2-7(16-11(19)23)15-3-1-5-20/h2,4,8-10,20-22H,1,3,5-6H2,(H,15,16,23)/t8-,9-,10+,12?/m0/s1. The van der Waals surface area contributed by atoms with Crippen LogP contribution in [0, 0.1) is 0 Å². The molecule has 12 heteroatoms. The SMILES string of the molecule is [N-]=[N+]=NC1(CO)O[C@@H](n2ccc(NCCCO)nc2=O)[C@@H](F)[C@@H]1O. The van der Waals surface area contributed by atoms with Crippen LogP contribution in [0.1, 0.15) is 12.6 Å². The van der Waals surface area contributed by atoms with Crippen molar-refractivity contribution in [2.45, 2.75) is 30.6 Å². The zero-order valence-corrected chi connectivity index (χ0v) is 12.5. The molecule has 2 heterocycles. The molecular formula is C12H17FN6O5. The van der Waals surface area contributed by atoms with Gasteiger partial charge in [0.2, 0.25) is 5.72 Å². The Morgan fingerprint density at radius 2 is 2.33 bits per heavy atom. The summed E-state index contributed by atoms with van der Waals surface area (Å²) in [6.07, 6.45) is -4.01. The minimum atomic E-state index is -2.21. The Kier molecular flexibility index (Phi) is 5.70. The Bertz CT molecular complexity index is 680. The van der Waals surface area contributed by atoms with Crippen molar-refractivity contribution in [1.29, 1.82) is 0 Å². The maximum atomic E-state index is 14.3. The highest BCUT2D eigenvalue weighted by Crippen LogP contribution is 2.39. The first-order chi connectivity index (χ1) is 11.5. The van der Waals surface area contributed by atoms with E-state index in [0.29, 0.717) is 13.0 Å². The number of nitrogens with zero attached hydrogens (tertiary/aromatic N) is 5. The van der Waals surface area contributed by atoms with Crippen LogP contribution in [0.15, 0.2) is 22.2 Å². The molecule has 1 aliphatic heterocycles. The fourth-order valence-corrected chi connectivity index (χ4v) is 2.28. The van der Waals surface area contributed by atoms with Gasteiger partial charge in [0.15, 0.2) is 12.4 Å². The highest BCUT2D eigenvalue weighted by molar-refractivity contribution is 5.31. The van der Waals surface area contributed by atoms with Crippen LogP contribution in [0.4, 0.5) is 10.2 Å². The van der Waals surface area contributed by atoms with Crippen molar-refractivity contribution in [2.24, 2.45) is 5.11 Å². The minimum Gasteiger partial charge on any atom is -0.396 e. The van der Waals surface area contributed by atoms with Crippen LogP contribution < -0.4 is 11.0 Å². The second-order valence-corrected chi connectivity index (χ2v) is 5.10. The number of nitrogens with one attached hydrogen (secondary N) is 1. The van der Waals surface area contributed by atoms with Crippen LogP contribution in [0.3, 0.4) is 0 Å². The average molecular weight is 344 g/mol. The van der Waals surface area contributed by atoms with Crippen molar-refractivity contribution in [1.82, 2.24) is 9.55 Å². The summed E-state index contributed by atoms with van der Waals surface area (Å²) >= 11 is 0. The van der Waals surface area contributed by atoms with E-state index in [1.54, 1.807) is 0 Å². The molecule has 132 valence electrons.